The minimum atomic E-state index is -0.619. The zero-order valence-electron chi connectivity index (χ0n) is 14.1. The molecule has 0 saturated carbocycles. The minimum Gasteiger partial charge on any atom is -0.326 e. The van der Waals surface area contributed by atoms with Crippen LogP contribution in [-0.4, -0.2) is 26.1 Å². The molecule has 3 aromatic rings. The monoisotopic (exact) mass is 400 g/mol. The smallest absolute Gasteiger partial charge is 0.255 e. The number of aromatic nitrogens is 4. The maximum Gasteiger partial charge on any atom is 0.255 e. The van der Waals surface area contributed by atoms with E-state index >= 15 is 0 Å². The molecular formula is C18H14Cl2N6O. The van der Waals surface area contributed by atoms with Gasteiger partial charge in [0.1, 0.15) is 6.04 Å². The molecule has 0 saturated heterocycles. The number of para-hydroxylation sites is 1. The topological polar surface area (TPSA) is 84.7 Å². The Labute approximate surface area is 165 Å². The van der Waals surface area contributed by atoms with E-state index in [-0.39, 0.29) is 5.91 Å². The van der Waals surface area contributed by atoms with Gasteiger partial charge in [0, 0.05) is 16.9 Å². The Bertz CT molecular complexity index is 1050. The molecule has 0 unspecified atom stereocenters. The molecule has 9 heteroatoms. The van der Waals surface area contributed by atoms with Gasteiger partial charge in [0.15, 0.2) is 0 Å². The Morgan fingerprint density at radius 1 is 1.15 bits per heavy atom. The molecule has 1 atom stereocenters. The first-order valence-electron chi connectivity index (χ1n) is 8.12. The summed E-state index contributed by atoms with van der Waals surface area (Å²) in [5.41, 5.74) is 2.40. The van der Waals surface area contributed by atoms with Gasteiger partial charge in [0.25, 0.3) is 5.91 Å². The molecule has 136 valence electrons. The van der Waals surface area contributed by atoms with Gasteiger partial charge < -0.3 is 10.6 Å². The average Bonchev–Trinajstić information content (AvgIpc) is 3.12. The number of benzene rings is 2. The zero-order valence-corrected chi connectivity index (χ0v) is 15.7. The number of halogens is 2. The molecule has 0 spiro atoms. The number of hydrogen-bond donors (Lipinski definition) is 2. The second kappa shape index (κ2) is 7.02. The lowest BCUT2D eigenvalue weighted by atomic mass is 9.95. The van der Waals surface area contributed by atoms with E-state index in [1.807, 2.05) is 30.3 Å². The van der Waals surface area contributed by atoms with Crippen molar-refractivity contribution in [1.29, 1.82) is 0 Å². The van der Waals surface area contributed by atoms with Crippen LogP contribution in [0, 0.1) is 0 Å². The third-order valence-electron chi connectivity index (χ3n) is 4.27. The van der Waals surface area contributed by atoms with E-state index in [0.29, 0.717) is 38.5 Å². The summed E-state index contributed by atoms with van der Waals surface area (Å²) in [6, 6.07) is 13.9. The molecule has 2 heterocycles. The Morgan fingerprint density at radius 2 is 1.93 bits per heavy atom. The third-order valence-corrected chi connectivity index (χ3v) is 5.10. The molecule has 1 amide bonds. The van der Waals surface area contributed by atoms with Crippen LogP contribution in [0.5, 0.6) is 0 Å². The molecule has 4 rings (SSSR count). The Balaban J connectivity index is 1.82. The molecule has 0 aliphatic carbocycles. The molecule has 1 aliphatic rings. The highest BCUT2D eigenvalue weighted by atomic mass is 35.5. The summed E-state index contributed by atoms with van der Waals surface area (Å²) >= 11 is 12.7. The second-order valence-corrected chi connectivity index (χ2v) is 6.76. The Kier molecular flexibility index (Phi) is 4.55. The molecule has 1 aliphatic heterocycles. The van der Waals surface area contributed by atoms with E-state index in [1.165, 1.54) is 4.68 Å². The van der Waals surface area contributed by atoms with Crippen LogP contribution in [0.15, 0.2) is 59.8 Å². The predicted octanol–water partition coefficient (Wildman–Crippen LogP) is 3.91. The van der Waals surface area contributed by atoms with Crippen molar-refractivity contribution in [3.8, 4) is 0 Å². The van der Waals surface area contributed by atoms with Gasteiger partial charge in [-0.2, -0.15) is 4.68 Å². The number of nitrogens with one attached hydrogen (secondary N) is 2. The van der Waals surface area contributed by atoms with E-state index in [4.69, 9.17) is 23.2 Å². The number of fused-ring (bicyclic) bond motifs is 1. The maximum absolute atomic E-state index is 13.1. The molecule has 0 radical (unpaired) electrons. The standard InChI is InChI=1S/C18H14Cl2N6O/c1-10-14(17(27)22-11-6-3-2-4-7-11)16(26-18(21-10)23-24-25-26)12-8-5-9-13(19)15(12)20/h2-9,16H,1H3,(H,22,27)(H,21,23,25)/t16-/m0/s1. The number of nitrogens with zero attached hydrogens (tertiary/aromatic N) is 4. The molecule has 1 aromatic heterocycles. The number of carbonyl (C=O) groups excluding carboxylic acids is 1. The van der Waals surface area contributed by atoms with Crippen molar-refractivity contribution in [3.05, 3.63) is 75.4 Å². The average molecular weight is 401 g/mol. The van der Waals surface area contributed by atoms with Gasteiger partial charge in [-0.05, 0) is 35.5 Å². The van der Waals surface area contributed by atoms with Crippen molar-refractivity contribution in [2.75, 3.05) is 10.6 Å². The van der Waals surface area contributed by atoms with E-state index < -0.39 is 6.04 Å². The number of rotatable bonds is 3. The quantitative estimate of drug-likeness (QED) is 0.695. The summed E-state index contributed by atoms with van der Waals surface area (Å²) < 4.78 is 1.52. The lowest BCUT2D eigenvalue weighted by molar-refractivity contribution is -0.113. The number of allylic oxidation sites excluding steroid dienone is 1. The van der Waals surface area contributed by atoms with Crippen molar-refractivity contribution in [2.45, 2.75) is 13.0 Å². The van der Waals surface area contributed by atoms with Crippen LogP contribution in [0.2, 0.25) is 10.0 Å². The second-order valence-electron chi connectivity index (χ2n) is 5.98. The molecule has 0 fully saturated rings. The van der Waals surface area contributed by atoms with Gasteiger partial charge in [0.05, 0.1) is 15.6 Å². The number of tetrazole rings is 1. The Morgan fingerprint density at radius 3 is 2.70 bits per heavy atom. The highest BCUT2D eigenvalue weighted by Gasteiger charge is 2.35. The number of anilines is 2. The molecule has 0 bridgehead atoms. The van der Waals surface area contributed by atoms with Gasteiger partial charge in [0.2, 0.25) is 5.95 Å². The van der Waals surface area contributed by atoms with Crippen molar-refractivity contribution in [1.82, 2.24) is 20.2 Å². The summed E-state index contributed by atoms with van der Waals surface area (Å²) in [7, 11) is 0. The van der Waals surface area contributed by atoms with Crippen LogP contribution >= 0.6 is 23.2 Å². The molecule has 2 aromatic carbocycles. The lowest BCUT2D eigenvalue weighted by Crippen LogP contribution is -2.31. The number of amides is 1. The predicted molar refractivity (Wildman–Crippen MR) is 104 cm³/mol. The number of carbonyl (C=O) groups is 1. The fraction of sp³-hybridized carbons (Fsp3) is 0.111. The number of hydrogen-bond acceptors (Lipinski definition) is 5. The normalized spacial score (nSPS) is 15.9. The Hall–Kier alpha value is -2.90. The van der Waals surface area contributed by atoms with Gasteiger partial charge in [-0.15, -0.1) is 0 Å². The summed E-state index contributed by atoms with van der Waals surface area (Å²) in [5, 5.41) is 18.4. The molecule has 27 heavy (non-hydrogen) atoms. The first-order chi connectivity index (χ1) is 13.1. The van der Waals surface area contributed by atoms with E-state index in [9.17, 15) is 4.79 Å². The van der Waals surface area contributed by atoms with Gasteiger partial charge in [-0.3, -0.25) is 4.79 Å². The van der Waals surface area contributed by atoms with E-state index in [1.54, 1.807) is 25.1 Å². The fourth-order valence-electron chi connectivity index (χ4n) is 3.05. The molecule has 7 nitrogen and oxygen atoms in total. The fourth-order valence-corrected chi connectivity index (χ4v) is 3.46. The van der Waals surface area contributed by atoms with Crippen LogP contribution in [0.1, 0.15) is 18.5 Å². The van der Waals surface area contributed by atoms with Crippen LogP contribution in [0.3, 0.4) is 0 Å². The van der Waals surface area contributed by atoms with Crippen LogP contribution < -0.4 is 10.6 Å². The highest BCUT2D eigenvalue weighted by Crippen LogP contribution is 2.39. The van der Waals surface area contributed by atoms with Crippen molar-refractivity contribution >= 4 is 40.7 Å². The highest BCUT2D eigenvalue weighted by molar-refractivity contribution is 6.42. The van der Waals surface area contributed by atoms with Gasteiger partial charge >= 0.3 is 0 Å². The van der Waals surface area contributed by atoms with E-state index in [0.717, 1.165) is 0 Å². The van der Waals surface area contributed by atoms with Crippen LogP contribution in [0.25, 0.3) is 0 Å². The lowest BCUT2D eigenvalue weighted by Gasteiger charge is -2.28. The SMILES string of the molecule is CC1=C(C(=O)Nc2ccccc2)[C@H](c2cccc(Cl)c2Cl)n2nnnc2N1. The van der Waals surface area contributed by atoms with Crippen molar-refractivity contribution in [3.63, 3.8) is 0 Å². The van der Waals surface area contributed by atoms with Gasteiger partial charge in [-0.25, -0.2) is 0 Å². The van der Waals surface area contributed by atoms with Crippen LogP contribution in [0.4, 0.5) is 11.6 Å². The maximum atomic E-state index is 13.1. The van der Waals surface area contributed by atoms with Crippen molar-refractivity contribution < 1.29 is 4.79 Å². The van der Waals surface area contributed by atoms with Crippen LogP contribution in [-0.2, 0) is 4.79 Å². The summed E-state index contributed by atoms with van der Waals surface area (Å²) in [6.45, 7) is 1.80. The molecule has 2 N–H and O–H groups in total. The summed E-state index contributed by atoms with van der Waals surface area (Å²) in [5.74, 6) is 0.137. The van der Waals surface area contributed by atoms with Crippen molar-refractivity contribution in [2.24, 2.45) is 0 Å². The zero-order chi connectivity index (χ0) is 19.0. The third kappa shape index (κ3) is 3.15. The minimum absolute atomic E-state index is 0.284. The molecular weight excluding hydrogens is 387 g/mol. The first-order valence-corrected chi connectivity index (χ1v) is 8.88. The summed E-state index contributed by atoms with van der Waals surface area (Å²) in [6.07, 6.45) is 0. The van der Waals surface area contributed by atoms with E-state index in [2.05, 4.69) is 26.2 Å². The largest absolute Gasteiger partial charge is 0.326 e. The summed E-state index contributed by atoms with van der Waals surface area (Å²) in [4.78, 5) is 13.1. The first kappa shape index (κ1) is 17.5. The van der Waals surface area contributed by atoms with Gasteiger partial charge in [-0.1, -0.05) is 58.6 Å².